The minimum Gasteiger partial charge on any atom is -0.362 e. The number of aromatic nitrogens is 1. The van der Waals surface area contributed by atoms with Gasteiger partial charge in [0, 0.05) is 17.0 Å². The number of aromatic amines is 1. The van der Waals surface area contributed by atoms with Crippen LogP contribution in [0.25, 0.3) is 0 Å². The number of H-pyrrole nitrogens is 1. The molecule has 1 rings (SSSR count). The molecule has 3 nitrogen and oxygen atoms in total. The fourth-order valence-electron chi connectivity index (χ4n) is 1.39. The highest BCUT2D eigenvalue weighted by molar-refractivity contribution is 5.98. The summed E-state index contributed by atoms with van der Waals surface area (Å²) in [6.45, 7) is 4.35. The van der Waals surface area contributed by atoms with Crippen LogP contribution in [0, 0.1) is 13.8 Å². The van der Waals surface area contributed by atoms with Gasteiger partial charge >= 0.3 is 0 Å². The number of rotatable bonds is 3. The summed E-state index contributed by atoms with van der Waals surface area (Å²) in [7, 11) is 3.79. The first-order valence-electron chi connectivity index (χ1n) is 4.35. The monoisotopic (exact) mass is 180 g/mol. The molecule has 0 aliphatic carbocycles. The van der Waals surface area contributed by atoms with Crippen molar-refractivity contribution in [2.24, 2.45) is 0 Å². The first kappa shape index (κ1) is 9.99. The van der Waals surface area contributed by atoms with Gasteiger partial charge in [-0.15, -0.1) is 0 Å². The van der Waals surface area contributed by atoms with E-state index in [1.54, 1.807) is 0 Å². The van der Waals surface area contributed by atoms with Crippen molar-refractivity contribution in [1.82, 2.24) is 9.88 Å². The van der Waals surface area contributed by atoms with Crippen LogP contribution in [0.2, 0.25) is 0 Å². The molecule has 0 amide bonds. The second-order valence-electron chi connectivity index (χ2n) is 3.65. The lowest BCUT2D eigenvalue weighted by Gasteiger charge is -2.07. The van der Waals surface area contributed by atoms with Crippen LogP contribution in [0.1, 0.15) is 21.7 Å². The Morgan fingerprint density at radius 1 is 1.46 bits per heavy atom. The van der Waals surface area contributed by atoms with E-state index in [4.69, 9.17) is 0 Å². The van der Waals surface area contributed by atoms with E-state index in [1.165, 1.54) is 0 Å². The molecule has 13 heavy (non-hydrogen) atoms. The van der Waals surface area contributed by atoms with Gasteiger partial charge in [0.25, 0.3) is 0 Å². The van der Waals surface area contributed by atoms with Crippen molar-refractivity contribution in [3.8, 4) is 0 Å². The molecule has 0 radical (unpaired) electrons. The number of carbonyl (C=O) groups excluding carboxylic acids is 1. The Kier molecular flexibility index (Phi) is 2.88. The van der Waals surface area contributed by atoms with Crippen molar-refractivity contribution in [3.63, 3.8) is 0 Å². The van der Waals surface area contributed by atoms with E-state index in [0.717, 1.165) is 17.0 Å². The maximum absolute atomic E-state index is 11.6. The maximum atomic E-state index is 11.6. The van der Waals surface area contributed by atoms with Gasteiger partial charge in [0.1, 0.15) is 0 Å². The summed E-state index contributed by atoms with van der Waals surface area (Å²) in [6, 6.07) is 1.90. The highest BCUT2D eigenvalue weighted by Crippen LogP contribution is 2.10. The molecule has 0 aliphatic heterocycles. The molecule has 3 heteroatoms. The van der Waals surface area contributed by atoms with Crippen LogP contribution >= 0.6 is 0 Å². The van der Waals surface area contributed by atoms with Gasteiger partial charge in [0.2, 0.25) is 0 Å². The summed E-state index contributed by atoms with van der Waals surface area (Å²) in [5.74, 6) is 0.173. The van der Waals surface area contributed by atoms with E-state index < -0.39 is 0 Å². The number of hydrogen-bond donors (Lipinski definition) is 1. The lowest BCUT2D eigenvalue weighted by molar-refractivity contribution is 0.0957. The fraction of sp³-hybridized carbons (Fsp3) is 0.500. The summed E-state index contributed by atoms with van der Waals surface area (Å²) in [5.41, 5.74) is 2.81. The minimum atomic E-state index is 0.173. The van der Waals surface area contributed by atoms with Gasteiger partial charge in [0.15, 0.2) is 5.78 Å². The second-order valence-corrected chi connectivity index (χ2v) is 3.65. The number of aryl methyl sites for hydroxylation is 2. The molecule has 0 aromatic carbocycles. The molecule has 72 valence electrons. The average Bonchev–Trinajstić information content (AvgIpc) is 2.28. The van der Waals surface area contributed by atoms with Gasteiger partial charge in [-0.05, 0) is 34.0 Å². The lowest BCUT2D eigenvalue weighted by Crippen LogP contribution is -2.21. The number of hydrogen-bond acceptors (Lipinski definition) is 2. The predicted molar refractivity (Wildman–Crippen MR) is 53.2 cm³/mol. The summed E-state index contributed by atoms with van der Waals surface area (Å²) in [4.78, 5) is 16.6. The third-order valence-electron chi connectivity index (χ3n) is 1.91. The minimum absolute atomic E-state index is 0.173. The standard InChI is InChI=1S/C10H16N2O/c1-7-5-9(8(2)11-7)10(13)6-12(3)4/h5,11H,6H2,1-4H3. The Labute approximate surface area is 78.8 Å². The zero-order chi connectivity index (χ0) is 10.0. The highest BCUT2D eigenvalue weighted by atomic mass is 16.1. The predicted octanol–water partition coefficient (Wildman–Crippen LogP) is 1.38. The van der Waals surface area contributed by atoms with E-state index >= 15 is 0 Å². The Bertz CT molecular complexity index is 313. The molecule has 0 saturated carbocycles. The molecular weight excluding hydrogens is 164 g/mol. The van der Waals surface area contributed by atoms with Crippen molar-refractivity contribution in [2.45, 2.75) is 13.8 Å². The van der Waals surface area contributed by atoms with E-state index in [1.807, 2.05) is 38.9 Å². The average molecular weight is 180 g/mol. The van der Waals surface area contributed by atoms with Crippen LogP contribution in [0.3, 0.4) is 0 Å². The van der Waals surface area contributed by atoms with Crippen LogP contribution in [0.5, 0.6) is 0 Å². The van der Waals surface area contributed by atoms with E-state index in [0.29, 0.717) is 6.54 Å². The number of nitrogens with one attached hydrogen (secondary N) is 1. The van der Waals surface area contributed by atoms with Gasteiger partial charge in [-0.1, -0.05) is 0 Å². The molecular formula is C10H16N2O. The van der Waals surface area contributed by atoms with Crippen molar-refractivity contribution < 1.29 is 4.79 Å². The van der Waals surface area contributed by atoms with Crippen LogP contribution in [-0.2, 0) is 0 Å². The zero-order valence-corrected chi connectivity index (χ0v) is 8.64. The van der Waals surface area contributed by atoms with Gasteiger partial charge in [-0.3, -0.25) is 4.79 Å². The van der Waals surface area contributed by atoms with Crippen LogP contribution < -0.4 is 0 Å². The summed E-state index contributed by atoms with van der Waals surface area (Å²) < 4.78 is 0. The van der Waals surface area contributed by atoms with E-state index in [2.05, 4.69) is 4.98 Å². The molecule has 0 fully saturated rings. The number of carbonyl (C=O) groups is 1. The molecule has 1 aromatic rings. The number of ketones is 1. The molecule has 0 spiro atoms. The molecule has 1 aromatic heterocycles. The fourth-order valence-corrected chi connectivity index (χ4v) is 1.39. The van der Waals surface area contributed by atoms with Crippen LogP contribution in [-0.4, -0.2) is 36.3 Å². The van der Waals surface area contributed by atoms with Gasteiger partial charge in [-0.25, -0.2) is 0 Å². The molecule has 1 heterocycles. The highest BCUT2D eigenvalue weighted by Gasteiger charge is 2.11. The first-order valence-corrected chi connectivity index (χ1v) is 4.35. The number of Topliss-reactive ketones (excluding diaryl/α,β-unsaturated/α-hetero) is 1. The quantitative estimate of drug-likeness (QED) is 0.713. The van der Waals surface area contributed by atoms with Crippen molar-refractivity contribution in [1.29, 1.82) is 0 Å². The first-order chi connectivity index (χ1) is 6.00. The van der Waals surface area contributed by atoms with E-state index in [9.17, 15) is 4.79 Å². The summed E-state index contributed by atoms with van der Waals surface area (Å²) in [5, 5.41) is 0. The molecule has 0 atom stereocenters. The largest absolute Gasteiger partial charge is 0.362 e. The Morgan fingerprint density at radius 3 is 2.46 bits per heavy atom. The van der Waals surface area contributed by atoms with Gasteiger partial charge in [0.05, 0.1) is 6.54 Å². The Balaban J connectivity index is 2.82. The Morgan fingerprint density at radius 2 is 2.08 bits per heavy atom. The van der Waals surface area contributed by atoms with Crippen molar-refractivity contribution in [2.75, 3.05) is 20.6 Å². The molecule has 0 aliphatic rings. The van der Waals surface area contributed by atoms with Crippen molar-refractivity contribution in [3.05, 3.63) is 23.0 Å². The third kappa shape index (κ3) is 2.42. The second kappa shape index (κ2) is 3.75. The van der Waals surface area contributed by atoms with Crippen molar-refractivity contribution >= 4 is 5.78 Å². The maximum Gasteiger partial charge on any atom is 0.178 e. The van der Waals surface area contributed by atoms with E-state index in [-0.39, 0.29) is 5.78 Å². The smallest absolute Gasteiger partial charge is 0.178 e. The third-order valence-corrected chi connectivity index (χ3v) is 1.91. The topological polar surface area (TPSA) is 36.1 Å². The SMILES string of the molecule is Cc1cc(C(=O)CN(C)C)c(C)[nH]1. The van der Waals surface area contributed by atoms with Gasteiger partial charge < -0.3 is 9.88 Å². The zero-order valence-electron chi connectivity index (χ0n) is 8.64. The van der Waals surface area contributed by atoms with Crippen LogP contribution in [0.4, 0.5) is 0 Å². The van der Waals surface area contributed by atoms with Gasteiger partial charge in [-0.2, -0.15) is 0 Å². The lowest BCUT2D eigenvalue weighted by atomic mass is 10.1. The molecule has 0 saturated heterocycles. The Hall–Kier alpha value is -1.09. The molecule has 1 N–H and O–H groups in total. The number of likely N-dealkylation sites (N-methyl/N-ethyl adjacent to an activating group) is 1. The van der Waals surface area contributed by atoms with Crippen LogP contribution in [0.15, 0.2) is 6.07 Å². The summed E-state index contributed by atoms with van der Waals surface area (Å²) in [6.07, 6.45) is 0. The molecule has 0 bridgehead atoms. The number of nitrogens with zero attached hydrogens (tertiary/aromatic N) is 1. The summed E-state index contributed by atoms with van der Waals surface area (Å²) >= 11 is 0. The molecule has 0 unspecified atom stereocenters. The normalized spacial score (nSPS) is 10.8.